The first-order chi connectivity index (χ1) is 11.4. The summed E-state index contributed by atoms with van der Waals surface area (Å²) in [5.74, 6) is 0.727. The lowest BCUT2D eigenvalue weighted by Gasteiger charge is -2.14. The zero-order chi connectivity index (χ0) is 17.2. The summed E-state index contributed by atoms with van der Waals surface area (Å²) in [5.41, 5.74) is 0.673. The van der Waals surface area contributed by atoms with Gasteiger partial charge < -0.3 is 4.57 Å². The molecule has 0 saturated carbocycles. The molecular weight excluding hydrogens is 381 g/mol. The van der Waals surface area contributed by atoms with Crippen molar-refractivity contribution in [2.75, 3.05) is 0 Å². The van der Waals surface area contributed by atoms with Crippen molar-refractivity contribution in [2.24, 2.45) is 0 Å². The van der Waals surface area contributed by atoms with Crippen molar-refractivity contribution >= 4 is 15.9 Å². The highest BCUT2D eigenvalue weighted by Gasteiger charge is 2.32. The van der Waals surface area contributed by atoms with Crippen molar-refractivity contribution in [1.29, 1.82) is 0 Å². The van der Waals surface area contributed by atoms with E-state index < -0.39 is 11.7 Å². The van der Waals surface area contributed by atoms with E-state index in [1.165, 1.54) is 12.1 Å². The summed E-state index contributed by atoms with van der Waals surface area (Å²) in [5, 5.41) is 0. The van der Waals surface area contributed by atoms with Gasteiger partial charge >= 0.3 is 6.18 Å². The average molecular weight is 395 g/mol. The van der Waals surface area contributed by atoms with Crippen LogP contribution in [0.25, 0.3) is 0 Å². The number of imidazole rings is 1. The molecule has 0 radical (unpaired) electrons. The molecule has 0 aliphatic carbocycles. The second-order valence-electron chi connectivity index (χ2n) is 5.43. The smallest absolute Gasteiger partial charge is 0.330 e. The van der Waals surface area contributed by atoms with Crippen LogP contribution >= 0.6 is 15.9 Å². The average Bonchev–Trinajstić information content (AvgIpc) is 2.94. The van der Waals surface area contributed by atoms with Gasteiger partial charge in [0.2, 0.25) is 0 Å². The Morgan fingerprint density at radius 1 is 1.04 bits per heavy atom. The number of aromatic nitrogens is 2. The van der Waals surface area contributed by atoms with Crippen LogP contribution in [0.3, 0.4) is 0 Å². The molecule has 1 heterocycles. The van der Waals surface area contributed by atoms with Gasteiger partial charge in [-0.3, -0.25) is 0 Å². The molecule has 0 spiro atoms. The lowest BCUT2D eigenvalue weighted by atomic mass is 10.1. The van der Waals surface area contributed by atoms with E-state index in [0.29, 0.717) is 6.42 Å². The topological polar surface area (TPSA) is 17.8 Å². The predicted molar refractivity (Wildman–Crippen MR) is 89.7 cm³/mol. The van der Waals surface area contributed by atoms with Crippen LogP contribution in [0.5, 0.6) is 0 Å². The van der Waals surface area contributed by atoms with Crippen LogP contribution in [0.1, 0.15) is 22.5 Å². The largest absolute Gasteiger partial charge is 0.416 e. The third-order valence-corrected chi connectivity index (χ3v) is 4.21. The Morgan fingerprint density at radius 3 is 2.58 bits per heavy atom. The molecule has 3 rings (SSSR count). The fraction of sp³-hybridized carbons (Fsp3) is 0.167. The summed E-state index contributed by atoms with van der Waals surface area (Å²) in [4.78, 5) is 4.30. The summed E-state index contributed by atoms with van der Waals surface area (Å²) < 4.78 is 42.1. The van der Waals surface area contributed by atoms with Crippen molar-refractivity contribution in [1.82, 2.24) is 9.55 Å². The summed E-state index contributed by atoms with van der Waals surface area (Å²) >= 11 is 3.42. The number of halogens is 4. The maximum absolute atomic E-state index is 13.1. The number of nitrogens with zero attached hydrogens (tertiary/aromatic N) is 2. The van der Waals surface area contributed by atoms with Crippen LogP contribution in [0, 0.1) is 0 Å². The quantitative estimate of drug-likeness (QED) is 0.586. The van der Waals surface area contributed by atoms with Crippen molar-refractivity contribution in [3.8, 4) is 0 Å². The SMILES string of the molecule is FC(F)(F)c1ccccc1Cn1ccnc1Cc1cccc(Br)c1. The molecule has 1 aromatic heterocycles. The van der Waals surface area contributed by atoms with Crippen LogP contribution in [0.4, 0.5) is 13.2 Å². The number of rotatable bonds is 4. The number of alkyl halides is 3. The standard InChI is InChI=1S/C18H14BrF3N2/c19-15-6-3-4-13(10-15)11-17-23-8-9-24(17)12-14-5-1-2-7-16(14)18(20,21)22/h1-10H,11-12H2. The highest BCUT2D eigenvalue weighted by atomic mass is 79.9. The molecule has 124 valence electrons. The summed E-state index contributed by atoms with van der Waals surface area (Å²) in [7, 11) is 0. The van der Waals surface area contributed by atoms with Gasteiger partial charge in [-0.2, -0.15) is 13.2 Å². The molecule has 0 saturated heterocycles. The molecule has 2 aromatic carbocycles. The fourth-order valence-corrected chi connectivity index (χ4v) is 3.05. The maximum Gasteiger partial charge on any atom is 0.416 e. The minimum atomic E-state index is -4.36. The Bertz CT molecular complexity index is 840. The summed E-state index contributed by atoms with van der Waals surface area (Å²) in [6, 6.07) is 13.4. The van der Waals surface area contributed by atoms with E-state index in [0.717, 1.165) is 21.9 Å². The van der Waals surface area contributed by atoms with Gasteiger partial charge in [0, 0.05) is 29.8 Å². The highest BCUT2D eigenvalue weighted by molar-refractivity contribution is 9.10. The Kier molecular flexibility index (Phi) is 4.76. The normalized spacial score (nSPS) is 11.7. The van der Waals surface area contributed by atoms with Crippen LogP contribution in [-0.4, -0.2) is 9.55 Å². The van der Waals surface area contributed by atoms with Crippen molar-refractivity contribution in [3.63, 3.8) is 0 Å². The molecule has 0 fully saturated rings. The van der Waals surface area contributed by atoms with Gasteiger partial charge in [-0.15, -0.1) is 0 Å². The van der Waals surface area contributed by atoms with Crippen LogP contribution in [-0.2, 0) is 19.1 Å². The van der Waals surface area contributed by atoms with Gasteiger partial charge in [-0.05, 0) is 29.3 Å². The molecule has 3 aromatic rings. The number of hydrogen-bond donors (Lipinski definition) is 0. The van der Waals surface area contributed by atoms with Gasteiger partial charge in [0.05, 0.1) is 5.56 Å². The second kappa shape index (κ2) is 6.81. The Hall–Kier alpha value is -2.08. The first-order valence-corrected chi connectivity index (χ1v) is 8.12. The zero-order valence-corrected chi connectivity index (χ0v) is 14.2. The van der Waals surface area contributed by atoms with E-state index in [2.05, 4.69) is 20.9 Å². The molecule has 6 heteroatoms. The van der Waals surface area contributed by atoms with E-state index >= 15 is 0 Å². The van der Waals surface area contributed by atoms with E-state index in [4.69, 9.17) is 0 Å². The Morgan fingerprint density at radius 2 is 1.83 bits per heavy atom. The molecule has 0 N–H and O–H groups in total. The molecule has 24 heavy (non-hydrogen) atoms. The lowest BCUT2D eigenvalue weighted by Crippen LogP contribution is -2.13. The number of hydrogen-bond acceptors (Lipinski definition) is 1. The van der Waals surface area contributed by atoms with Gasteiger partial charge in [0.15, 0.2) is 0 Å². The van der Waals surface area contributed by atoms with Crippen LogP contribution in [0.15, 0.2) is 65.4 Å². The maximum atomic E-state index is 13.1. The molecule has 0 unspecified atom stereocenters. The first-order valence-electron chi connectivity index (χ1n) is 7.33. The summed E-state index contributed by atoms with van der Waals surface area (Å²) in [6.45, 7) is 0.138. The van der Waals surface area contributed by atoms with Crippen molar-refractivity contribution in [3.05, 3.63) is 87.9 Å². The van der Waals surface area contributed by atoms with Gasteiger partial charge in [0.1, 0.15) is 5.82 Å². The van der Waals surface area contributed by atoms with Gasteiger partial charge in [-0.1, -0.05) is 46.3 Å². The minimum absolute atomic E-state index is 0.138. The Balaban J connectivity index is 1.87. The first kappa shape index (κ1) is 16.8. The lowest BCUT2D eigenvalue weighted by molar-refractivity contribution is -0.138. The molecule has 0 bridgehead atoms. The number of benzene rings is 2. The van der Waals surface area contributed by atoms with Gasteiger partial charge in [0.25, 0.3) is 0 Å². The Labute approximate surface area is 146 Å². The molecular formula is C18H14BrF3N2. The fourth-order valence-electron chi connectivity index (χ4n) is 2.60. The van der Waals surface area contributed by atoms with Crippen molar-refractivity contribution in [2.45, 2.75) is 19.1 Å². The van der Waals surface area contributed by atoms with Crippen LogP contribution < -0.4 is 0 Å². The highest BCUT2D eigenvalue weighted by Crippen LogP contribution is 2.32. The zero-order valence-electron chi connectivity index (χ0n) is 12.6. The molecule has 0 amide bonds. The third kappa shape index (κ3) is 3.87. The van der Waals surface area contributed by atoms with E-state index in [-0.39, 0.29) is 12.1 Å². The second-order valence-corrected chi connectivity index (χ2v) is 6.35. The van der Waals surface area contributed by atoms with E-state index in [9.17, 15) is 13.2 Å². The summed E-state index contributed by atoms with van der Waals surface area (Å²) in [6.07, 6.45) is -0.480. The van der Waals surface area contributed by atoms with Crippen LogP contribution in [0.2, 0.25) is 0 Å². The molecule has 0 aliphatic heterocycles. The van der Waals surface area contributed by atoms with Gasteiger partial charge in [-0.25, -0.2) is 4.98 Å². The third-order valence-electron chi connectivity index (χ3n) is 3.72. The van der Waals surface area contributed by atoms with E-state index in [1.54, 1.807) is 23.0 Å². The van der Waals surface area contributed by atoms with Crippen molar-refractivity contribution < 1.29 is 13.2 Å². The monoisotopic (exact) mass is 394 g/mol. The minimum Gasteiger partial charge on any atom is -0.330 e. The molecule has 0 atom stereocenters. The predicted octanol–water partition coefficient (Wildman–Crippen LogP) is 5.30. The molecule has 0 aliphatic rings. The van der Waals surface area contributed by atoms with E-state index in [1.807, 2.05) is 24.3 Å². The molecule has 2 nitrogen and oxygen atoms in total.